The Kier molecular flexibility index (Phi) is 2.78. The summed E-state index contributed by atoms with van der Waals surface area (Å²) < 4.78 is 0. The van der Waals surface area contributed by atoms with E-state index in [2.05, 4.69) is 45.7 Å². The standard InChI is InChI=1S/C18H17N3/c1-2-10-21-11-9-13-12-14(7-8-17(13)21)18-19-15-5-3-4-6-16(15)20-18/h2-8,12H,1,9-11H2,(H,19,20). The van der Waals surface area contributed by atoms with Crippen LogP contribution in [0.25, 0.3) is 22.4 Å². The first-order valence-electron chi connectivity index (χ1n) is 7.29. The topological polar surface area (TPSA) is 31.9 Å². The molecule has 2 heterocycles. The van der Waals surface area contributed by atoms with E-state index in [0.717, 1.165) is 41.9 Å². The summed E-state index contributed by atoms with van der Waals surface area (Å²) in [4.78, 5) is 10.4. The van der Waals surface area contributed by atoms with Gasteiger partial charge in [0.2, 0.25) is 0 Å². The van der Waals surface area contributed by atoms with Crippen LogP contribution in [0, 0.1) is 0 Å². The van der Waals surface area contributed by atoms with E-state index < -0.39 is 0 Å². The van der Waals surface area contributed by atoms with Crippen LogP contribution in [0.1, 0.15) is 5.56 Å². The van der Waals surface area contributed by atoms with E-state index in [1.165, 1.54) is 11.3 Å². The molecular formula is C18H17N3. The molecule has 104 valence electrons. The smallest absolute Gasteiger partial charge is 0.138 e. The maximum absolute atomic E-state index is 4.68. The zero-order valence-corrected chi connectivity index (χ0v) is 11.8. The lowest BCUT2D eigenvalue weighted by atomic mass is 10.1. The molecule has 3 nitrogen and oxygen atoms in total. The van der Waals surface area contributed by atoms with Gasteiger partial charge in [0.05, 0.1) is 11.0 Å². The second-order valence-electron chi connectivity index (χ2n) is 5.43. The minimum atomic E-state index is 0.914. The molecular weight excluding hydrogens is 258 g/mol. The second-order valence-corrected chi connectivity index (χ2v) is 5.43. The first-order chi connectivity index (χ1) is 10.3. The Morgan fingerprint density at radius 3 is 3.00 bits per heavy atom. The Bertz CT molecular complexity index is 783. The number of hydrogen-bond acceptors (Lipinski definition) is 2. The van der Waals surface area contributed by atoms with E-state index >= 15 is 0 Å². The van der Waals surface area contributed by atoms with Crippen molar-refractivity contribution >= 4 is 16.7 Å². The van der Waals surface area contributed by atoms with Crippen molar-refractivity contribution < 1.29 is 0 Å². The van der Waals surface area contributed by atoms with Crippen molar-refractivity contribution in [2.24, 2.45) is 0 Å². The number of H-pyrrole nitrogens is 1. The largest absolute Gasteiger partial charge is 0.367 e. The van der Waals surface area contributed by atoms with Gasteiger partial charge in [-0.3, -0.25) is 0 Å². The van der Waals surface area contributed by atoms with Gasteiger partial charge in [0.15, 0.2) is 0 Å². The first kappa shape index (κ1) is 12.2. The Hall–Kier alpha value is -2.55. The van der Waals surface area contributed by atoms with Crippen LogP contribution >= 0.6 is 0 Å². The van der Waals surface area contributed by atoms with Crippen LogP contribution in [0.15, 0.2) is 55.1 Å². The summed E-state index contributed by atoms with van der Waals surface area (Å²) >= 11 is 0. The lowest BCUT2D eigenvalue weighted by molar-refractivity contribution is 0.905. The molecule has 4 rings (SSSR count). The third-order valence-corrected chi connectivity index (χ3v) is 4.08. The SMILES string of the molecule is C=CCN1CCc2cc(-c3nc4ccccc4[nH]3)ccc21. The van der Waals surface area contributed by atoms with Crippen molar-refractivity contribution in [3.05, 3.63) is 60.7 Å². The minimum Gasteiger partial charge on any atom is -0.367 e. The molecule has 0 radical (unpaired) electrons. The van der Waals surface area contributed by atoms with Gasteiger partial charge < -0.3 is 9.88 Å². The lowest BCUT2D eigenvalue weighted by Gasteiger charge is -2.16. The normalized spacial score (nSPS) is 13.6. The number of aromatic nitrogens is 2. The number of nitrogens with one attached hydrogen (secondary N) is 1. The van der Waals surface area contributed by atoms with Crippen LogP contribution in [0.3, 0.4) is 0 Å². The van der Waals surface area contributed by atoms with Gasteiger partial charge in [0, 0.05) is 24.3 Å². The van der Waals surface area contributed by atoms with Gasteiger partial charge >= 0.3 is 0 Å². The van der Waals surface area contributed by atoms with Crippen molar-refractivity contribution in [2.45, 2.75) is 6.42 Å². The fourth-order valence-corrected chi connectivity index (χ4v) is 3.05. The van der Waals surface area contributed by atoms with Crippen LogP contribution in [0.5, 0.6) is 0 Å². The average Bonchev–Trinajstić information content (AvgIpc) is 3.11. The molecule has 21 heavy (non-hydrogen) atoms. The number of para-hydroxylation sites is 2. The molecule has 0 saturated heterocycles. The molecule has 3 heteroatoms. The summed E-state index contributed by atoms with van der Waals surface area (Å²) in [6, 6.07) is 14.8. The maximum atomic E-state index is 4.68. The van der Waals surface area contributed by atoms with Crippen molar-refractivity contribution in [2.75, 3.05) is 18.0 Å². The number of rotatable bonds is 3. The van der Waals surface area contributed by atoms with Crippen LogP contribution in [-0.4, -0.2) is 23.1 Å². The van der Waals surface area contributed by atoms with Gasteiger partial charge in [-0.05, 0) is 42.3 Å². The third-order valence-electron chi connectivity index (χ3n) is 4.08. The molecule has 0 atom stereocenters. The number of nitrogens with zero attached hydrogens (tertiary/aromatic N) is 2. The summed E-state index contributed by atoms with van der Waals surface area (Å²) in [6.45, 7) is 5.82. The van der Waals surface area contributed by atoms with E-state index in [9.17, 15) is 0 Å². The molecule has 0 amide bonds. The lowest BCUT2D eigenvalue weighted by Crippen LogP contribution is -2.19. The Labute approximate surface area is 123 Å². The van der Waals surface area contributed by atoms with Gasteiger partial charge in [0.25, 0.3) is 0 Å². The molecule has 2 aromatic carbocycles. The minimum absolute atomic E-state index is 0.914. The quantitative estimate of drug-likeness (QED) is 0.738. The summed E-state index contributed by atoms with van der Waals surface area (Å²) in [5, 5.41) is 0. The highest BCUT2D eigenvalue weighted by atomic mass is 15.1. The third kappa shape index (κ3) is 2.02. The number of imidazole rings is 1. The fourth-order valence-electron chi connectivity index (χ4n) is 3.05. The van der Waals surface area contributed by atoms with E-state index in [0.29, 0.717) is 0 Å². The molecule has 0 spiro atoms. The van der Waals surface area contributed by atoms with Gasteiger partial charge in [-0.15, -0.1) is 6.58 Å². The second kappa shape index (κ2) is 4.77. The van der Waals surface area contributed by atoms with Gasteiger partial charge in [-0.1, -0.05) is 18.2 Å². The number of hydrogen-bond donors (Lipinski definition) is 1. The predicted molar refractivity (Wildman–Crippen MR) is 87.6 cm³/mol. The summed E-state index contributed by atoms with van der Waals surface area (Å²) in [6.07, 6.45) is 3.06. The van der Waals surface area contributed by atoms with Gasteiger partial charge in [-0.25, -0.2) is 4.98 Å². The summed E-state index contributed by atoms with van der Waals surface area (Å²) in [5.74, 6) is 0.946. The van der Waals surface area contributed by atoms with Crippen LogP contribution < -0.4 is 4.90 Å². The molecule has 0 aliphatic carbocycles. The zero-order chi connectivity index (χ0) is 14.2. The first-order valence-corrected chi connectivity index (χ1v) is 7.29. The Balaban J connectivity index is 1.75. The van der Waals surface area contributed by atoms with E-state index in [4.69, 9.17) is 0 Å². The van der Waals surface area contributed by atoms with E-state index in [-0.39, 0.29) is 0 Å². The maximum Gasteiger partial charge on any atom is 0.138 e. The van der Waals surface area contributed by atoms with Crippen molar-refractivity contribution in [3.63, 3.8) is 0 Å². The highest BCUT2D eigenvalue weighted by Gasteiger charge is 2.18. The Morgan fingerprint density at radius 2 is 2.14 bits per heavy atom. The number of anilines is 1. The molecule has 0 unspecified atom stereocenters. The molecule has 1 aromatic heterocycles. The zero-order valence-electron chi connectivity index (χ0n) is 11.8. The summed E-state index contributed by atoms with van der Waals surface area (Å²) in [7, 11) is 0. The van der Waals surface area contributed by atoms with Crippen LogP contribution in [0.4, 0.5) is 5.69 Å². The predicted octanol–water partition coefficient (Wildman–Crippen LogP) is 3.78. The molecule has 0 saturated carbocycles. The number of benzene rings is 2. The van der Waals surface area contributed by atoms with Crippen molar-refractivity contribution in [1.82, 2.24) is 9.97 Å². The molecule has 1 aliphatic rings. The molecule has 3 aromatic rings. The summed E-state index contributed by atoms with van der Waals surface area (Å²) in [5.41, 5.74) is 5.98. The van der Waals surface area contributed by atoms with Gasteiger partial charge in [-0.2, -0.15) is 0 Å². The van der Waals surface area contributed by atoms with Crippen LogP contribution in [0.2, 0.25) is 0 Å². The fraction of sp³-hybridized carbons (Fsp3) is 0.167. The van der Waals surface area contributed by atoms with Crippen molar-refractivity contribution in [3.8, 4) is 11.4 Å². The monoisotopic (exact) mass is 275 g/mol. The van der Waals surface area contributed by atoms with Crippen molar-refractivity contribution in [1.29, 1.82) is 0 Å². The van der Waals surface area contributed by atoms with E-state index in [1.54, 1.807) is 0 Å². The molecule has 0 fully saturated rings. The number of aromatic amines is 1. The number of fused-ring (bicyclic) bond motifs is 2. The molecule has 1 N–H and O–H groups in total. The van der Waals surface area contributed by atoms with Crippen LogP contribution in [-0.2, 0) is 6.42 Å². The van der Waals surface area contributed by atoms with Gasteiger partial charge in [0.1, 0.15) is 5.82 Å². The Morgan fingerprint density at radius 1 is 1.24 bits per heavy atom. The average molecular weight is 275 g/mol. The highest BCUT2D eigenvalue weighted by molar-refractivity contribution is 5.80. The van der Waals surface area contributed by atoms with E-state index in [1.807, 2.05) is 24.3 Å². The highest BCUT2D eigenvalue weighted by Crippen LogP contribution is 2.31. The molecule has 0 bridgehead atoms. The molecule has 1 aliphatic heterocycles.